The first-order valence-electron chi connectivity index (χ1n) is 3.59. The Hall–Kier alpha value is -0.610. The highest BCUT2D eigenvalue weighted by Crippen LogP contribution is 1.97. The maximum absolute atomic E-state index is 4.70. The van der Waals surface area contributed by atoms with Gasteiger partial charge in [-0.05, 0) is 0 Å². The van der Waals surface area contributed by atoms with E-state index in [0.29, 0.717) is 5.92 Å². The third-order valence-electron chi connectivity index (χ3n) is 1.83. The summed E-state index contributed by atoms with van der Waals surface area (Å²) < 4.78 is 0. The van der Waals surface area contributed by atoms with Gasteiger partial charge in [0.25, 0.3) is 0 Å². The van der Waals surface area contributed by atoms with Gasteiger partial charge in [-0.3, -0.25) is 0 Å². The second-order valence-electron chi connectivity index (χ2n) is 2.48. The molecule has 0 aromatic heterocycles. The van der Waals surface area contributed by atoms with Gasteiger partial charge in [-0.2, -0.15) is 0 Å². The van der Waals surface area contributed by atoms with Crippen LogP contribution in [-0.4, -0.2) is 32.5 Å². The molecule has 1 atom stereocenters. The topological polar surface area (TPSA) is 65.8 Å². The maximum Gasteiger partial charge on any atom is 0.125 e. The van der Waals surface area contributed by atoms with Crippen molar-refractivity contribution in [3.8, 4) is 0 Å². The molecule has 1 fully saturated rings. The summed E-state index contributed by atoms with van der Waals surface area (Å²) >= 11 is 0. The number of oxime groups is 1. The molecule has 1 aliphatic rings. The molecule has 4 heteroatoms. The molecule has 0 aromatic rings. The molecule has 5 N–H and O–H groups in total. The Morgan fingerprint density at radius 2 is 2.70 bits per heavy atom. The zero-order valence-electron chi connectivity index (χ0n) is 6.34. The van der Waals surface area contributed by atoms with Crippen molar-refractivity contribution in [3.63, 3.8) is 0 Å². The highest BCUT2D eigenvalue weighted by atomic mass is 16.6. The molecule has 0 saturated carbocycles. The molecule has 0 amide bonds. The molecular formula is C6H15N3O+2. The van der Waals surface area contributed by atoms with Gasteiger partial charge in [0.05, 0.1) is 13.1 Å². The normalized spacial score (nSPS) is 29.4. The van der Waals surface area contributed by atoms with E-state index in [0.717, 1.165) is 25.3 Å². The van der Waals surface area contributed by atoms with Crippen molar-refractivity contribution in [2.45, 2.75) is 0 Å². The number of rotatable bonds is 2. The van der Waals surface area contributed by atoms with Gasteiger partial charge in [-0.1, -0.05) is 5.16 Å². The fraction of sp³-hybridized carbons (Fsp3) is 0.833. The summed E-state index contributed by atoms with van der Waals surface area (Å²) in [6.45, 7) is 3.03. The Kier molecular flexibility index (Phi) is 2.65. The van der Waals surface area contributed by atoms with Crippen molar-refractivity contribution in [2.75, 3.05) is 26.7 Å². The van der Waals surface area contributed by atoms with E-state index in [1.165, 1.54) is 0 Å². The molecule has 10 heavy (non-hydrogen) atoms. The second kappa shape index (κ2) is 3.53. The van der Waals surface area contributed by atoms with Crippen molar-refractivity contribution < 1.29 is 15.9 Å². The summed E-state index contributed by atoms with van der Waals surface area (Å²) in [5.41, 5.74) is 4.99. The third kappa shape index (κ3) is 1.46. The lowest BCUT2D eigenvalue weighted by Crippen LogP contribution is -2.82. The molecular weight excluding hydrogens is 130 g/mol. The van der Waals surface area contributed by atoms with Crippen LogP contribution in [0.4, 0.5) is 0 Å². The van der Waals surface area contributed by atoms with Gasteiger partial charge >= 0.3 is 0 Å². The van der Waals surface area contributed by atoms with Crippen LogP contribution >= 0.6 is 0 Å². The minimum atomic E-state index is 0.542. The van der Waals surface area contributed by atoms with Gasteiger partial charge in [0, 0.05) is 0 Å². The fourth-order valence-electron chi connectivity index (χ4n) is 1.25. The second-order valence-corrected chi connectivity index (χ2v) is 2.48. The Balaban J connectivity index is 2.49. The Morgan fingerprint density at radius 1 is 1.90 bits per heavy atom. The van der Waals surface area contributed by atoms with E-state index in [2.05, 4.69) is 16.2 Å². The van der Waals surface area contributed by atoms with Crippen LogP contribution in [0.25, 0.3) is 0 Å². The largest absolute Gasteiger partial charge is 0.399 e. The van der Waals surface area contributed by atoms with E-state index < -0.39 is 0 Å². The first kappa shape index (κ1) is 7.50. The number of hydrogen-bond donors (Lipinski definition) is 2. The van der Waals surface area contributed by atoms with Crippen LogP contribution in [0.3, 0.4) is 0 Å². The number of nitrogens with two attached hydrogens (primary N) is 1. The number of quaternary nitrogens is 2. The maximum atomic E-state index is 4.70. The number of hydrogen-bond acceptors (Lipinski definition) is 2. The molecule has 1 aliphatic heterocycles. The van der Waals surface area contributed by atoms with Gasteiger partial charge < -0.3 is 15.9 Å². The average molecular weight is 145 g/mol. The van der Waals surface area contributed by atoms with Crippen LogP contribution in [0.15, 0.2) is 5.16 Å². The van der Waals surface area contributed by atoms with Crippen LogP contribution in [0, 0.1) is 5.92 Å². The Bertz CT molecular complexity index is 135. The van der Waals surface area contributed by atoms with E-state index in [-0.39, 0.29) is 0 Å². The van der Waals surface area contributed by atoms with Gasteiger partial charge in [-0.15, -0.1) is 0 Å². The molecule has 0 aromatic carbocycles. The first-order chi connectivity index (χ1) is 4.88. The van der Waals surface area contributed by atoms with E-state index in [9.17, 15) is 0 Å². The fourth-order valence-corrected chi connectivity index (χ4v) is 1.25. The van der Waals surface area contributed by atoms with Crippen LogP contribution in [0.2, 0.25) is 0 Å². The molecule has 0 bridgehead atoms. The summed E-state index contributed by atoms with van der Waals surface area (Å²) in [5, 5.41) is 6.15. The van der Waals surface area contributed by atoms with Crippen molar-refractivity contribution >= 4 is 5.71 Å². The lowest BCUT2D eigenvalue weighted by Gasteiger charge is -1.98. The number of nitrogens with zero attached hydrogens (tertiary/aromatic N) is 1. The SMILES string of the molecule is CON=C1C[NH2+]CC1C[NH3+]. The predicted molar refractivity (Wildman–Crippen MR) is 37.3 cm³/mol. The Morgan fingerprint density at radius 3 is 3.30 bits per heavy atom. The molecule has 0 radical (unpaired) electrons. The van der Waals surface area contributed by atoms with E-state index in [1.54, 1.807) is 7.11 Å². The van der Waals surface area contributed by atoms with Gasteiger partial charge in [0.1, 0.15) is 25.3 Å². The van der Waals surface area contributed by atoms with Gasteiger partial charge in [0.2, 0.25) is 0 Å². The van der Waals surface area contributed by atoms with Crippen LogP contribution in [-0.2, 0) is 4.84 Å². The smallest absolute Gasteiger partial charge is 0.125 e. The summed E-state index contributed by atoms with van der Waals surface area (Å²) in [7, 11) is 1.59. The molecule has 4 nitrogen and oxygen atoms in total. The van der Waals surface area contributed by atoms with Gasteiger partial charge in [-0.25, -0.2) is 0 Å². The van der Waals surface area contributed by atoms with E-state index in [1.807, 2.05) is 0 Å². The van der Waals surface area contributed by atoms with E-state index in [4.69, 9.17) is 4.84 Å². The summed E-state index contributed by atoms with van der Waals surface area (Å²) in [5.74, 6) is 0.542. The lowest BCUT2D eigenvalue weighted by atomic mass is 10.1. The predicted octanol–water partition coefficient (Wildman–Crippen LogP) is -2.58. The quantitative estimate of drug-likeness (QED) is 0.412. The van der Waals surface area contributed by atoms with Crippen LogP contribution in [0.1, 0.15) is 0 Å². The molecule has 1 unspecified atom stereocenters. The third-order valence-corrected chi connectivity index (χ3v) is 1.83. The zero-order valence-corrected chi connectivity index (χ0v) is 6.34. The summed E-state index contributed by atoms with van der Waals surface area (Å²) in [4.78, 5) is 4.70. The lowest BCUT2D eigenvalue weighted by molar-refractivity contribution is -0.635. The molecule has 1 saturated heterocycles. The van der Waals surface area contributed by atoms with Crippen LogP contribution in [0.5, 0.6) is 0 Å². The molecule has 1 rings (SSSR count). The van der Waals surface area contributed by atoms with Crippen molar-refractivity contribution in [1.29, 1.82) is 0 Å². The Labute approximate surface area is 60.4 Å². The zero-order chi connectivity index (χ0) is 7.40. The minimum absolute atomic E-state index is 0.542. The molecule has 0 spiro atoms. The summed E-state index contributed by atoms with van der Waals surface area (Å²) in [6.07, 6.45) is 0. The highest BCUT2D eigenvalue weighted by molar-refractivity contribution is 5.88. The first-order valence-corrected chi connectivity index (χ1v) is 3.59. The average Bonchev–Trinajstić information content (AvgIpc) is 2.36. The highest BCUT2D eigenvalue weighted by Gasteiger charge is 2.26. The molecule has 58 valence electrons. The van der Waals surface area contributed by atoms with Crippen molar-refractivity contribution in [3.05, 3.63) is 0 Å². The van der Waals surface area contributed by atoms with Crippen molar-refractivity contribution in [1.82, 2.24) is 0 Å². The van der Waals surface area contributed by atoms with Crippen LogP contribution < -0.4 is 11.1 Å². The van der Waals surface area contributed by atoms with E-state index >= 15 is 0 Å². The summed E-state index contributed by atoms with van der Waals surface area (Å²) in [6, 6.07) is 0. The molecule has 1 heterocycles. The van der Waals surface area contributed by atoms with Crippen molar-refractivity contribution in [2.24, 2.45) is 11.1 Å². The minimum Gasteiger partial charge on any atom is -0.399 e. The van der Waals surface area contributed by atoms with Gasteiger partial charge in [0.15, 0.2) is 0 Å². The molecule has 0 aliphatic carbocycles. The standard InChI is InChI=1S/C6H13N3O/c1-10-9-6-4-8-3-5(6)2-7/h5,8H,2-4,7H2,1H3/p+2. The monoisotopic (exact) mass is 145 g/mol.